The largest absolute Gasteiger partial charge is 0.481 e. The highest BCUT2D eigenvalue weighted by molar-refractivity contribution is 6.43. The van der Waals surface area contributed by atoms with E-state index < -0.39 is 5.97 Å². The molecule has 0 radical (unpaired) electrons. The number of aromatic nitrogens is 3. The average molecular weight is 329 g/mol. The van der Waals surface area contributed by atoms with E-state index in [1.54, 1.807) is 18.2 Å². The maximum Gasteiger partial charge on any atom is 0.309 e. The Labute approximate surface area is 129 Å². The molecule has 21 heavy (non-hydrogen) atoms. The van der Waals surface area contributed by atoms with Gasteiger partial charge < -0.3 is 10.4 Å². The van der Waals surface area contributed by atoms with Gasteiger partial charge in [0.25, 0.3) is 0 Å². The fourth-order valence-electron chi connectivity index (χ4n) is 1.59. The highest BCUT2D eigenvalue weighted by atomic mass is 35.5. The summed E-state index contributed by atoms with van der Waals surface area (Å²) in [5, 5.41) is 19.1. The van der Waals surface area contributed by atoms with Crippen LogP contribution in [0.1, 0.15) is 5.69 Å². The average Bonchev–Trinajstić information content (AvgIpc) is 2.81. The number of rotatable bonds is 5. The molecule has 0 aliphatic carbocycles. The number of carbonyl (C=O) groups is 2. The molecule has 0 saturated carbocycles. The highest BCUT2D eigenvalue weighted by Crippen LogP contribution is 2.29. The van der Waals surface area contributed by atoms with Gasteiger partial charge >= 0.3 is 5.97 Å². The number of aliphatic carboxylic acids is 1. The molecule has 0 saturated heterocycles. The van der Waals surface area contributed by atoms with Gasteiger partial charge in [0.05, 0.1) is 27.8 Å². The second-order valence-corrected chi connectivity index (χ2v) is 4.91. The lowest BCUT2D eigenvalue weighted by atomic mass is 10.3. The quantitative estimate of drug-likeness (QED) is 0.872. The summed E-state index contributed by atoms with van der Waals surface area (Å²) < 4.78 is 1.24. The number of hydrogen-bond acceptors (Lipinski definition) is 4. The molecular formula is C12H10Cl2N4O3. The van der Waals surface area contributed by atoms with E-state index >= 15 is 0 Å². The monoisotopic (exact) mass is 328 g/mol. The lowest BCUT2D eigenvalue weighted by Crippen LogP contribution is -2.19. The van der Waals surface area contributed by atoms with Crippen LogP contribution in [0, 0.1) is 0 Å². The van der Waals surface area contributed by atoms with E-state index in [1.165, 1.54) is 10.9 Å². The standard InChI is InChI=1S/C12H10Cl2N4O3/c13-8-2-1-3-9(12(8)14)15-10(19)6-18-5-7(16-17-18)4-11(20)21/h1-3,5H,4,6H2,(H,15,19)(H,20,21). The zero-order chi connectivity index (χ0) is 15.4. The highest BCUT2D eigenvalue weighted by Gasteiger charge is 2.11. The Morgan fingerprint density at radius 2 is 2.10 bits per heavy atom. The van der Waals surface area contributed by atoms with E-state index in [9.17, 15) is 9.59 Å². The topological polar surface area (TPSA) is 97.1 Å². The Kier molecular flexibility index (Phi) is 4.77. The van der Waals surface area contributed by atoms with Crippen LogP contribution in [0.15, 0.2) is 24.4 Å². The van der Waals surface area contributed by atoms with Crippen molar-refractivity contribution >= 4 is 40.8 Å². The molecule has 7 nitrogen and oxygen atoms in total. The van der Waals surface area contributed by atoms with Crippen LogP contribution in [0.4, 0.5) is 5.69 Å². The van der Waals surface area contributed by atoms with E-state index in [-0.39, 0.29) is 29.6 Å². The number of carboxylic acid groups (broad SMARTS) is 1. The minimum absolute atomic E-state index is 0.116. The Hall–Kier alpha value is -2.12. The Bertz CT molecular complexity index is 687. The van der Waals surface area contributed by atoms with Crippen LogP contribution in [-0.4, -0.2) is 32.0 Å². The van der Waals surface area contributed by atoms with Crippen LogP contribution in [0.25, 0.3) is 0 Å². The van der Waals surface area contributed by atoms with Crippen molar-refractivity contribution in [2.45, 2.75) is 13.0 Å². The van der Waals surface area contributed by atoms with Gasteiger partial charge in [0.2, 0.25) is 5.91 Å². The molecule has 2 rings (SSSR count). The van der Waals surface area contributed by atoms with Crippen molar-refractivity contribution in [2.24, 2.45) is 0 Å². The fourth-order valence-corrected chi connectivity index (χ4v) is 1.94. The van der Waals surface area contributed by atoms with Crippen molar-refractivity contribution in [1.82, 2.24) is 15.0 Å². The molecule has 0 bridgehead atoms. The summed E-state index contributed by atoms with van der Waals surface area (Å²) in [5.74, 6) is -1.40. The lowest BCUT2D eigenvalue weighted by molar-refractivity contribution is -0.136. The predicted octanol–water partition coefficient (Wildman–Crippen LogP) is 1.85. The van der Waals surface area contributed by atoms with Gasteiger partial charge in [-0.3, -0.25) is 9.59 Å². The molecule has 0 aliphatic heterocycles. The molecule has 9 heteroatoms. The molecule has 110 valence electrons. The molecule has 1 amide bonds. The molecule has 1 aromatic heterocycles. The third-order valence-corrected chi connectivity index (χ3v) is 3.27. The smallest absolute Gasteiger partial charge is 0.309 e. The maximum absolute atomic E-state index is 11.9. The van der Waals surface area contributed by atoms with Gasteiger partial charge in [-0.25, -0.2) is 4.68 Å². The molecule has 1 aromatic carbocycles. The number of nitrogens with one attached hydrogen (secondary N) is 1. The lowest BCUT2D eigenvalue weighted by Gasteiger charge is -2.07. The molecule has 0 aliphatic rings. The number of halogens is 2. The summed E-state index contributed by atoms with van der Waals surface area (Å²) in [6.07, 6.45) is 1.15. The van der Waals surface area contributed by atoms with Gasteiger partial charge in [0.15, 0.2) is 0 Å². The molecule has 0 atom stereocenters. The van der Waals surface area contributed by atoms with Crippen molar-refractivity contribution in [2.75, 3.05) is 5.32 Å². The second kappa shape index (κ2) is 6.55. The van der Waals surface area contributed by atoms with Crippen LogP contribution in [0.3, 0.4) is 0 Å². The van der Waals surface area contributed by atoms with Gasteiger partial charge in [-0.2, -0.15) is 0 Å². The van der Waals surface area contributed by atoms with Crippen molar-refractivity contribution in [3.8, 4) is 0 Å². The number of hydrogen-bond donors (Lipinski definition) is 2. The van der Waals surface area contributed by atoms with Gasteiger partial charge in [-0.1, -0.05) is 34.5 Å². The summed E-state index contributed by atoms with van der Waals surface area (Å²) in [4.78, 5) is 22.4. The molecule has 0 unspecified atom stereocenters. The summed E-state index contributed by atoms with van der Waals surface area (Å²) in [6.45, 7) is -0.116. The minimum atomic E-state index is -1.02. The number of amides is 1. The van der Waals surface area contributed by atoms with E-state index in [0.717, 1.165) is 0 Å². The summed E-state index contributed by atoms with van der Waals surface area (Å²) in [6, 6.07) is 4.88. The van der Waals surface area contributed by atoms with Gasteiger partial charge in [0, 0.05) is 6.20 Å². The molecule has 2 aromatic rings. The fraction of sp³-hybridized carbons (Fsp3) is 0.167. The van der Waals surface area contributed by atoms with Gasteiger partial charge in [-0.05, 0) is 12.1 Å². The first kappa shape index (κ1) is 15.3. The summed E-state index contributed by atoms with van der Waals surface area (Å²) >= 11 is 11.8. The Morgan fingerprint density at radius 1 is 1.33 bits per heavy atom. The first-order chi connectivity index (χ1) is 9.95. The molecule has 0 fully saturated rings. The van der Waals surface area contributed by atoms with Crippen LogP contribution in [0.2, 0.25) is 10.0 Å². The molecular weight excluding hydrogens is 319 g/mol. The first-order valence-electron chi connectivity index (χ1n) is 5.80. The Balaban J connectivity index is 2.00. The minimum Gasteiger partial charge on any atom is -0.481 e. The maximum atomic E-state index is 11.9. The van der Waals surface area contributed by atoms with Crippen molar-refractivity contribution in [1.29, 1.82) is 0 Å². The number of benzene rings is 1. The second-order valence-electron chi connectivity index (χ2n) is 4.13. The third-order valence-electron chi connectivity index (χ3n) is 2.45. The third kappa shape index (κ3) is 4.17. The summed E-state index contributed by atoms with van der Waals surface area (Å²) in [5.41, 5.74) is 0.663. The van der Waals surface area contributed by atoms with Crippen LogP contribution < -0.4 is 5.32 Å². The van der Waals surface area contributed by atoms with Crippen LogP contribution in [-0.2, 0) is 22.6 Å². The predicted molar refractivity (Wildman–Crippen MR) is 76.5 cm³/mol. The van der Waals surface area contributed by atoms with Crippen molar-refractivity contribution in [3.05, 3.63) is 40.1 Å². The number of nitrogens with zero attached hydrogens (tertiary/aromatic N) is 3. The molecule has 1 heterocycles. The van der Waals surface area contributed by atoms with E-state index in [0.29, 0.717) is 10.7 Å². The van der Waals surface area contributed by atoms with Crippen molar-refractivity contribution < 1.29 is 14.7 Å². The first-order valence-corrected chi connectivity index (χ1v) is 6.56. The van der Waals surface area contributed by atoms with Gasteiger partial charge in [-0.15, -0.1) is 5.10 Å². The summed E-state index contributed by atoms with van der Waals surface area (Å²) in [7, 11) is 0. The van der Waals surface area contributed by atoms with E-state index in [2.05, 4.69) is 15.6 Å². The SMILES string of the molecule is O=C(O)Cc1cn(CC(=O)Nc2cccc(Cl)c2Cl)nn1. The normalized spacial score (nSPS) is 10.4. The van der Waals surface area contributed by atoms with E-state index in [1.807, 2.05) is 0 Å². The molecule has 2 N–H and O–H groups in total. The number of anilines is 1. The zero-order valence-electron chi connectivity index (χ0n) is 10.6. The van der Waals surface area contributed by atoms with Crippen LogP contribution >= 0.6 is 23.2 Å². The zero-order valence-corrected chi connectivity index (χ0v) is 12.1. The van der Waals surface area contributed by atoms with E-state index in [4.69, 9.17) is 28.3 Å². The Morgan fingerprint density at radius 3 is 2.81 bits per heavy atom. The molecule has 0 spiro atoms. The van der Waals surface area contributed by atoms with Crippen molar-refractivity contribution in [3.63, 3.8) is 0 Å². The van der Waals surface area contributed by atoms with Crippen LogP contribution in [0.5, 0.6) is 0 Å². The number of carbonyl (C=O) groups excluding carboxylic acids is 1. The number of carboxylic acids is 1. The van der Waals surface area contributed by atoms with Gasteiger partial charge in [0.1, 0.15) is 6.54 Å².